The molecule has 2 aromatic rings. The number of para-hydroxylation sites is 1. The molecule has 1 fully saturated rings. The Morgan fingerprint density at radius 1 is 1.40 bits per heavy atom. The lowest BCUT2D eigenvalue weighted by Gasteiger charge is -2.22. The molecule has 1 amide bonds. The molecular formula is C17H19N3O4S. The minimum Gasteiger partial charge on any atom is -0.461 e. The van der Waals surface area contributed by atoms with Gasteiger partial charge in [-0.15, -0.1) is 11.8 Å². The summed E-state index contributed by atoms with van der Waals surface area (Å²) >= 11 is 1.41. The molecule has 1 aliphatic rings. The van der Waals surface area contributed by atoms with Gasteiger partial charge in [0.15, 0.2) is 5.69 Å². The predicted molar refractivity (Wildman–Crippen MR) is 93.5 cm³/mol. The number of ether oxygens (including phenoxy) is 1. The van der Waals surface area contributed by atoms with Crippen LogP contribution in [0.4, 0.5) is 0 Å². The maximum absolute atomic E-state index is 12.4. The van der Waals surface area contributed by atoms with Crippen molar-refractivity contribution in [2.45, 2.75) is 12.3 Å². The van der Waals surface area contributed by atoms with E-state index >= 15 is 0 Å². The van der Waals surface area contributed by atoms with Crippen molar-refractivity contribution in [2.75, 3.05) is 25.5 Å². The van der Waals surface area contributed by atoms with Crippen molar-refractivity contribution in [3.8, 4) is 5.69 Å². The van der Waals surface area contributed by atoms with E-state index in [2.05, 4.69) is 5.10 Å². The zero-order chi connectivity index (χ0) is 17.8. The van der Waals surface area contributed by atoms with Crippen LogP contribution in [0.5, 0.6) is 0 Å². The van der Waals surface area contributed by atoms with Gasteiger partial charge in [-0.1, -0.05) is 18.2 Å². The normalized spacial score (nSPS) is 17.1. The van der Waals surface area contributed by atoms with E-state index in [4.69, 9.17) is 4.74 Å². The summed E-state index contributed by atoms with van der Waals surface area (Å²) in [5.41, 5.74) is 1.62. The lowest BCUT2D eigenvalue weighted by Crippen LogP contribution is -2.31. The summed E-state index contributed by atoms with van der Waals surface area (Å²) in [7, 11) is 0. The summed E-state index contributed by atoms with van der Waals surface area (Å²) in [6.07, 6.45) is 1.75. The van der Waals surface area contributed by atoms with Gasteiger partial charge in [0.25, 0.3) is 0 Å². The van der Waals surface area contributed by atoms with E-state index in [1.807, 2.05) is 30.3 Å². The van der Waals surface area contributed by atoms with Crippen LogP contribution in [0.3, 0.4) is 0 Å². The number of hydrogen-bond acceptors (Lipinski definition) is 6. The molecule has 1 saturated heterocycles. The van der Waals surface area contributed by atoms with E-state index in [1.165, 1.54) is 11.8 Å². The number of carbonyl (C=O) groups excluding carboxylic acids is 2. The third kappa shape index (κ3) is 3.54. The average Bonchev–Trinajstić information content (AvgIpc) is 3.21. The van der Waals surface area contributed by atoms with Gasteiger partial charge in [-0.05, 0) is 19.1 Å². The summed E-state index contributed by atoms with van der Waals surface area (Å²) in [6.45, 7) is 2.06. The van der Waals surface area contributed by atoms with Crippen LogP contribution in [0.25, 0.3) is 5.69 Å². The standard InChI is InChI=1S/C17H19N3O4S/c1-2-24-17(23)15-13(16-19(8-9-21)14(22)11-25-16)10-20(18-15)12-6-4-3-5-7-12/h3-7,10,16,21H,2,8-9,11H2,1H3. The molecule has 1 aliphatic heterocycles. The molecule has 3 rings (SSSR count). The Hall–Kier alpha value is -2.32. The molecule has 132 valence electrons. The lowest BCUT2D eigenvalue weighted by molar-refractivity contribution is -0.128. The van der Waals surface area contributed by atoms with Crippen LogP contribution in [0, 0.1) is 0 Å². The number of carbonyl (C=O) groups is 2. The van der Waals surface area contributed by atoms with Crippen molar-refractivity contribution in [1.29, 1.82) is 0 Å². The number of amides is 1. The van der Waals surface area contributed by atoms with Crippen LogP contribution in [-0.4, -0.2) is 57.2 Å². The molecule has 8 heteroatoms. The van der Waals surface area contributed by atoms with Gasteiger partial charge in [0, 0.05) is 18.3 Å². The topological polar surface area (TPSA) is 84.7 Å². The van der Waals surface area contributed by atoms with Crippen LogP contribution in [-0.2, 0) is 9.53 Å². The van der Waals surface area contributed by atoms with Gasteiger partial charge in [0.2, 0.25) is 5.91 Å². The van der Waals surface area contributed by atoms with Gasteiger partial charge < -0.3 is 14.7 Å². The van der Waals surface area contributed by atoms with Gasteiger partial charge in [0.05, 0.1) is 24.7 Å². The highest BCUT2D eigenvalue weighted by Crippen LogP contribution is 2.40. The fourth-order valence-corrected chi connectivity index (χ4v) is 3.92. The predicted octanol–water partition coefficient (Wildman–Crippen LogP) is 1.62. The molecule has 0 radical (unpaired) electrons. The second-order valence-electron chi connectivity index (χ2n) is 5.41. The molecule has 0 spiro atoms. The number of thioether (sulfide) groups is 1. The Morgan fingerprint density at radius 2 is 2.16 bits per heavy atom. The van der Waals surface area contributed by atoms with Crippen LogP contribution in [0.2, 0.25) is 0 Å². The van der Waals surface area contributed by atoms with Gasteiger partial charge >= 0.3 is 5.97 Å². The molecule has 7 nitrogen and oxygen atoms in total. The second kappa shape index (κ2) is 7.71. The first kappa shape index (κ1) is 17.5. The molecular weight excluding hydrogens is 342 g/mol. The van der Waals surface area contributed by atoms with Crippen molar-refractivity contribution in [3.05, 3.63) is 47.8 Å². The number of esters is 1. The van der Waals surface area contributed by atoms with Crippen molar-refractivity contribution in [3.63, 3.8) is 0 Å². The van der Waals surface area contributed by atoms with E-state index in [0.29, 0.717) is 11.3 Å². The average molecular weight is 361 g/mol. The van der Waals surface area contributed by atoms with Gasteiger partial charge in [-0.25, -0.2) is 9.48 Å². The molecule has 1 aromatic carbocycles. The number of β-amino-alcohol motifs (C(OH)–C–C–N with tert-alkyl or cyclic N) is 1. The number of aliphatic hydroxyl groups excluding tert-OH is 1. The number of benzene rings is 1. The number of aliphatic hydroxyl groups is 1. The molecule has 1 N–H and O–H groups in total. The molecule has 0 bridgehead atoms. The van der Waals surface area contributed by atoms with Crippen LogP contribution in [0.1, 0.15) is 28.3 Å². The highest BCUT2D eigenvalue weighted by atomic mass is 32.2. The number of hydrogen-bond donors (Lipinski definition) is 1. The SMILES string of the molecule is CCOC(=O)c1nn(-c2ccccc2)cc1C1SCC(=O)N1CCO. The Bertz CT molecular complexity index is 763. The van der Waals surface area contributed by atoms with E-state index in [1.54, 1.807) is 22.7 Å². The fraction of sp³-hybridized carbons (Fsp3) is 0.353. The zero-order valence-electron chi connectivity index (χ0n) is 13.8. The second-order valence-corrected chi connectivity index (χ2v) is 6.48. The van der Waals surface area contributed by atoms with Crippen molar-refractivity contribution < 1.29 is 19.4 Å². The van der Waals surface area contributed by atoms with E-state index in [9.17, 15) is 14.7 Å². The summed E-state index contributed by atoms with van der Waals surface area (Å²) < 4.78 is 6.74. The van der Waals surface area contributed by atoms with Gasteiger partial charge in [-0.3, -0.25) is 4.79 Å². The summed E-state index contributed by atoms with van der Waals surface area (Å²) in [4.78, 5) is 26.0. The maximum atomic E-state index is 12.4. The van der Waals surface area contributed by atoms with E-state index in [-0.39, 0.29) is 36.7 Å². The van der Waals surface area contributed by atoms with Crippen molar-refractivity contribution in [2.24, 2.45) is 0 Å². The lowest BCUT2D eigenvalue weighted by atomic mass is 10.2. The van der Waals surface area contributed by atoms with Crippen LogP contribution >= 0.6 is 11.8 Å². The van der Waals surface area contributed by atoms with Crippen LogP contribution < -0.4 is 0 Å². The molecule has 2 heterocycles. The number of aromatic nitrogens is 2. The quantitative estimate of drug-likeness (QED) is 0.787. The molecule has 25 heavy (non-hydrogen) atoms. The minimum atomic E-state index is -0.518. The largest absolute Gasteiger partial charge is 0.461 e. The van der Waals surface area contributed by atoms with E-state index < -0.39 is 5.97 Å². The third-order valence-electron chi connectivity index (χ3n) is 3.81. The molecule has 1 aromatic heterocycles. The summed E-state index contributed by atoms with van der Waals surface area (Å²) in [5.74, 6) is -0.272. The highest BCUT2D eigenvalue weighted by Gasteiger charge is 2.36. The van der Waals surface area contributed by atoms with E-state index in [0.717, 1.165) is 5.69 Å². The third-order valence-corrected chi connectivity index (χ3v) is 5.04. The highest BCUT2D eigenvalue weighted by molar-refractivity contribution is 8.00. The van der Waals surface area contributed by atoms with Crippen molar-refractivity contribution in [1.82, 2.24) is 14.7 Å². The molecule has 1 atom stereocenters. The number of rotatable bonds is 6. The summed E-state index contributed by atoms with van der Waals surface area (Å²) in [6, 6.07) is 9.42. The number of nitrogens with zero attached hydrogens (tertiary/aromatic N) is 3. The Labute approximate surface area is 149 Å². The first-order chi connectivity index (χ1) is 12.2. The minimum absolute atomic E-state index is 0.0636. The first-order valence-electron chi connectivity index (χ1n) is 7.99. The molecule has 1 unspecified atom stereocenters. The van der Waals surface area contributed by atoms with Crippen LogP contribution in [0.15, 0.2) is 36.5 Å². The van der Waals surface area contributed by atoms with Gasteiger partial charge in [0.1, 0.15) is 5.37 Å². The molecule has 0 saturated carbocycles. The zero-order valence-corrected chi connectivity index (χ0v) is 14.6. The fourth-order valence-electron chi connectivity index (χ4n) is 2.70. The smallest absolute Gasteiger partial charge is 0.359 e. The maximum Gasteiger partial charge on any atom is 0.359 e. The monoisotopic (exact) mass is 361 g/mol. The van der Waals surface area contributed by atoms with Crippen molar-refractivity contribution >= 4 is 23.6 Å². The molecule has 0 aliphatic carbocycles. The Morgan fingerprint density at radius 3 is 2.84 bits per heavy atom. The van der Waals surface area contributed by atoms with Gasteiger partial charge in [-0.2, -0.15) is 5.10 Å². The summed E-state index contributed by atoms with van der Waals surface area (Å²) in [5, 5.41) is 13.3. The first-order valence-corrected chi connectivity index (χ1v) is 9.04. The Balaban J connectivity index is 2.03. The Kier molecular flexibility index (Phi) is 5.40.